The SMILES string of the molecule is Nc1[nH]c(C(F)F)cc(=O)c1N. The van der Waals surface area contributed by atoms with Gasteiger partial charge in [0, 0.05) is 6.07 Å². The maximum absolute atomic E-state index is 12.0. The summed E-state index contributed by atoms with van der Waals surface area (Å²) in [7, 11) is 0. The van der Waals surface area contributed by atoms with Gasteiger partial charge in [-0.15, -0.1) is 0 Å². The maximum Gasteiger partial charge on any atom is 0.278 e. The van der Waals surface area contributed by atoms with Crippen LogP contribution >= 0.6 is 0 Å². The van der Waals surface area contributed by atoms with Gasteiger partial charge in [-0.25, -0.2) is 8.78 Å². The summed E-state index contributed by atoms with van der Waals surface area (Å²) in [5.41, 5.74) is 8.83. The highest BCUT2D eigenvalue weighted by atomic mass is 19.3. The molecule has 6 heteroatoms. The second-order valence-corrected chi connectivity index (χ2v) is 2.22. The first kappa shape index (κ1) is 8.51. The maximum atomic E-state index is 12.0. The lowest BCUT2D eigenvalue weighted by molar-refractivity contribution is 0.146. The monoisotopic (exact) mass is 175 g/mol. The molecule has 0 aromatic carbocycles. The molecule has 1 heterocycles. The third-order valence-electron chi connectivity index (χ3n) is 1.36. The first-order valence-corrected chi connectivity index (χ1v) is 3.08. The van der Waals surface area contributed by atoms with Crippen LogP contribution in [0.2, 0.25) is 0 Å². The fourth-order valence-corrected chi connectivity index (χ4v) is 0.728. The molecule has 0 aliphatic rings. The van der Waals surface area contributed by atoms with Gasteiger partial charge < -0.3 is 16.5 Å². The fraction of sp³-hybridized carbons (Fsp3) is 0.167. The molecule has 0 spiro atoms. The minimum Gasteiger partial charge on any atom is -0.393 e. The first-order chi connectivity index (χ1) is 5.52. The summed E-state index contributed by atoms with van der Waals surface area (Å²) in [6, 6.07) is 0.732. The Hall–Kier alpha value is -1.59. The number of hydrogen-bond donors (Lipinski definition) is 3. The van der Waals surface area contributed by atoms with Gasteiger partial charge >= 0.3 is 0 Å². The van der Waals surface area contributed by atoms with Crippen molar-refractivity contribution in [3.63, 3.8) is 0 Å². The Morgan fingerprint density at radius 2 is 2.00 bits per heavy atom. The quantitative estimate of drug-likeness (QED) is 0.580. The van der Waals surface area contributed by atoms with Gasteiger partial charge in [-0.05, 0) is 0 Å². The van der Waals surface area contributed by atoms with E-state index >= 15 is 0 Å². The molecular weight excluding hydrogens is 168 g/mol. The number of nitrogens with two attached hydrogens (primary N) is 2. The largest absolute Gasteiger partial charge is 0.393 e. The average Bonchev–Trinajstić information content (AvgIpc) is 1.99. The Bertz CT molecular complexity index is 347. The van der Waals surface area contributed by atoms with Crippen molar-refractivity contribution in [1.82, 2.24) is 4.98 Å². The third-order valence-corrected chi connectivity index (χ3v) is 1.36. The van der Waals surface area contributed by atoms with Gasteiger partial charge in [0.25, 0.3) is 6.43 Å². The number of hydrogen-bond acceptors (Lipinski definition) is 3. The zero-order valence-electron chi connectivity index (χ0n) is 5.97. The fourth-order valence-electron chi connectivity index (χ4n) is 0.728. The van der Waals surface area contributed by atoms with Gasteiger partial charge in [0.2, 0.25) is 5.43 Å². The Balaban J connectivity index is 3.31. The van der Waals surface area contributed by atoms with E-state index < -0.39 is 17.5 Å². The number of aromatic amines is 1. The molecule has 0 aliphatic carbocycles. The number of halogens is 2. The van der Waals surface area contributed by atoms with E-state index in [2.05, 4.69) is 4.98 Å². The molecule has 1 aromatic heterocycles. The predicted octanol–water partition coefficient (Wildman–Crippen LogP) is 0.477. The highest BCUT2D eigenvalue weighted by Crippen LogP contribution is 2.17. The van der Waals surface area contributed by atoms with Crippen molar-refractivity contribution in [1.29, 1.82) is 0 Å². The van der Waals surface area contributed by atoms with Crippen LogP contribution in [-0.4, -0.2) is 4.98 Å². The van der Waals surface area contributed by atoms with E-state index in [9.17, 15) is 13.6 Å². The summed E-state index contributed by atoms with van der Waals surface area (Å²) in [5, 5.41) is 0. The Morgan fingerprint density at radius 1 is 1.42 bits per heavy atom. The standard InChI is InChI=1S/C6H7F2N3O/c7-5(8)2-1-3(12)4(9)6(10)11-2/h1,5H,9H2,(H3,10,11,12). The molecule has 1 aromatic rings. The number of anilines is 2. The second kappa shape index (κ2) is 2.80. The van der Waals surface area contributed by atoms with Crippen molar-refractivity contribution in [3.8, 4) is 0 Å². The first-order valence-electron chi connectivity index (χ1n) is 3.08. The highest BCUT2D eigenvalue weighted by Gasteiger charge is 2.10. The number of H-pyrrole nitrogens is 1. The van der Waals surface area contributed by atoms with E-state index in [1.807, 2.05) is 0 Å². The molecule has 66 valence electrons. The number of pyridine rings is 1. The summed E-state index contributed by atoms with van der Waals surface area (Å²) in [5.74, 6) is -0.224. The summed E-state index contributed by atoms with van der Waals surface area (Å²) in [6.45, 7) is 0. The number of rotatable bonds is 1. The average molecular weight is 175 g/mol. The van der Waals surface area contributed by atoms with E-state index in [0.29, 0.717) is 0 Å². The van der Waals surface area contributed by atoms with Crippen LogP contribution in [0.4, 0.5) is 20.3 Å². The van der Waals surface area contributed by atoms with E-state index in [1.165, 1.54) is 0 Å². The number of nitrogen functional groups attached to an aromatic ring is 2. The second-order valence-electron chi connectivity index (χ2n) is 2.22. The lowest BCUT2D eigenvalue weighted by Crippen LogP contribution is -2.13. The lowest BCUT2D eigenvalue weighted by Gasteiger charge is -2.03. The molecule has 0 fully saturated rings. The van der Waals surface area contributed by atoms with Crippen LogP contribution in [0.25, 0.3) is 0 Å². The van der Waals surface area contributed by atoms with Gasteiger partial charge in [0.15, 0.2) is 0 Å². The topological polar surface area (TPSA) is 84.9 Å². The number of nitrogens with one attached hydrogen (secondary N) is 1. The van der Waals surface area contributed by atoms with Crippen LogP contribution in [0.15, 0.2) is 10.9 Å². The number of aromatic nitrogens is 1. The van der Waals surface area contributed by atoms with Gasteiger partial charge in [-0.3, -0.25) is 4.79 Å². The van der Waals surface area contributed by atoms with E-state index in [0.717, 1.165) is 6.07 Å². The lowest BCUT2D eigenvalue weighted by atomic mass is 10.3. The minimum absolute atomic E-state index is 0.224. The molecule has 0 saturated carbocycles. The Kier molecular flexibility index (Phi) is 1.99. The Labute approximate surface area is 66.2 Å². The van der Waals surface area contributed by atoms with Crippen molar-refractivity contribution in [2.75, 3.05) is 11.5 Å². The molecule has 4 nitrogen and oxygen atoms in total. The van der Waals surface area contributed by atoms with Crippen molar-refractivity contribution in [3.05, 3.63) is 22.0 Å². The molecule has 1 rings (SSSR count). The van der Waals surface area contributed by atoms with E-state index in [1.54, 1.807) is 0 Å². The minimum atomic E-state index is -2.75. The molecule has 0 unspecified atom stereocenters. The zero-order chi connectivity index (χ0) is 9.30. The van der Waals surface area contributed by atoms with Gasteiger partial charge in [-0.2, -0.15) is 0 Å². The molecule has 0 bridgehead atoms. The van der Waals surface area contributed by atoms with Gasteiger partial charge in [0.05, 0.1) is 5.69 Å². The van der Waals surface area contributed by atoms with Crippen molar-refractivity contribution in [2.24, 2.45) is 0 Å². The van der Waals surface area contributed by atoms with Crippen LogP contribution in [-0.2, 0) is 0 Å². The molecular formula is C6H7F2N3O. The zero-order valence-corrected chi connectivity index (χ0v) is 5.97. The summed E-state index contributed by atoms with van der Waals surface area (Å²) >= 11 is 0. The smallest absolute Gasteiger partial charge is 0.278 e. The van der Waals surface area contributed by atoms with E-state index in [4.69, 9.17) is 11.5 Å². The molecule has 5 N–H and O–H groups in total. The van der Waals surface area contributed by atoms with Crippen LogP contribution in [0.3, 0.4) is 0 Å². The predicted molar refractivity (Wildman–Crippen MR) is 40.8 cm³/mol. The van der Waals surface area contributed by atoms with Crippen molar-refractivity contribution < 1.29 is 8.78 Å². The third kappa shape index (κ3) is 1.36. The van der Waals surface area contributed by atoms with Crippen LogP contribution < -0.4 is 16.9 Å². The normalized spacial score (nSPS) is 10.6. The Morgan fingerprint density at radius 3 is 2.42 bits per heavy atom. The highest BCUT2D eigenvalue weighted by molar-refractivity contribution is 5.57. The molecule has 0 radical (unpaired) electrons. The van der Waals surface area contributed by atoms with E-state index in [-0.39, 0.29) is 11.5 Å². The van der Waals surface area contributed by atoms with Gasteiger partial charge in [-0.1, -0.05) is 0 Å². The summed E-state index contributed by atoms with van der Waals surface area (Å²) in [4.78, 5) is 12.9. The summed E-state index contributed by atoms with van der Waals surface area (Å²) < 4.78 is 24.0. The van der Waals surface area contributed by atoms with Crippen molar-refractivity contribution in [2.45, 2.75) is 6.43 Å². The van der Waals surface area contributed by atoms with Crippen LogP contribution in [0.1, 0.15) is 12.1 Å². The molecule has 12 heavy (non-hydrogen) atoms. The summed E-state index contributed by atoms with van der Waals surface area (Å²) in [6.07, 6.45) is -2.75. The number of alkyl halides is 2. The van der Waals surface area contributed by atoms with Gasteiger partial charge in [0.1, 0.15) is 11.5 Å². The molecule has 0 atom stereocenters. The molecule has 0 saturated heterocycles. The van der Waals surface area contributed by atoms with Crippen LogP contribution in [0.5, 0.6) is 0 Å². The molecule has 0 amide bonds. The molecule has 0 aliphatic heterocycles. The van der Waals surface area contributed by atoms with Crippen molar-refractivity contribution >= 4 is 11.5 Å². The van der Waals surface area contributed by atoms with Crippen LogP contribution in [0, 0.1) is 0 Å².